The fraction of sp³-hybridized carbons (Fsp3) is 0.278. The number of anilines is 1. The van der Waals surface area contributed by atoms with Gasteiger partial charge < -0.3 is 20.5 Å². The van der Waals surface area contributed by atoms with E-state index in [2.05, 4.69) is 10.3 Å². The fourth-order valence-corrected chi connectivity index (χ4v) is 2.49. The average Bonchev–Trinajstić information content (AvgIpc) is 2.84. The Morgan fingerprint density at radius 1 is 1.04 bits per heavy atom. The van der Waals surface area contributed by atoms with E-state index >= 15 is 0 Å². The number of hydrogen-bond acceptors (Lipinski definition) is 3. The third-order valence-electron chi connectivity index (χ3n) is 3.75. The van der Waals surface area contributed by atoms with Crippen LogP contribution >= 0.6 is 0 Å². The Morgan fingerprint density at radius 2 is 1.73 bits per heavy atom. The number of halogens is 3. The van der Waals surface area contributed by atoms with Gasteiger partial charge in [0.05, 0.1) is 13.2 Å². The van der Waals surface area contributed by atoms with Gasteiger partial charge in [0.15, 0.2) is 34.9 Å². The molecular weight excluding hydrogens is 347 g/mol. The van der Waals surface area contributed by atoms with Crippen LogP contribution in [0.4, 0.5) is 18.9 Å². The number of nitrogens with two attached hydrogens (primary N) is 1. The molecule has 0 saturated carbocycles. The van der Waals surface area contributed by atoms with Crippen LogP contribution in [0.3, 0.4) is 0 Å². The maximum atomic E-state index is 13.2. The molecule has 0 fully saturated rings. The normalized spacial score (nSPS) is 14.0. The molecule has 2 aromatic rings. The second kappa shape index (κ2) is 7.99. The lowest BCUT2D eigenvalue weighted by Gasteiger charge is -2.10. The van der Waals surface area contributed by atoms with E-state index in [0.717, 1.165) is 18.6 Å². The first-order valence-corrected chi connectivity index (χ1v) is 8.13. The quantitative estimate of drug-likeness (QED) is 0.496. The number of nitrogens with one attached hydrogen (secondary N) is 1. The van der Waals surface area contributed by atoms with Crippen molar-refractivity contribution in [3.63, 3.8) is 0 Å². The third-order valence-corrected chi connectivity index (χ3v) is 3.75. The van der Waals surface area contributed by atoms with Crippen LogP contribution in [0.25, 0.3) is 0 Å². The molecule has 3 rings (SSSR count). The monoisotopic (exact) mass is 365 g/mol. The molecule has 3 N–H and O–H groups in total. The summed E-state index contributed by atoms with van der Waals surface area (Å²) in [5, 5.41) is 2.91. The van der Waals surface area contributed by atoms with Crippen LogP contribution < -0.4 is 20.5 Å². The molecule has 8 heteroatoms. The van der Waals surface area contributed by atoms with E-state index in [0.29, 0.717) is 36.0 Å². The summed E-state index contributed by atoms with van der Waals surface area (Å²) in [5.74, 6) is -2.48. The van der Waals surface area contributed by atoms with Crippen molar-refractivity contribution >= 4 is 11.6 Å². The highest BCUT2D eigenvalue weighted by Crippen LogP contribution is 2.32. The zero-order chi connectivity index (χ0) is 18.5. The molecule has 0 saturated heterocycles. The predicted molar refractivity (Wildman–Crippen MR) is 92.2 cm³/mol. The van der Waals surface area contributed by atoms with Crippen molar-refractivity contribution in [2.24, 2.45) is 10.7 Å². The van der Waals surface area contributed by atoms with Gasteiger partial charge in [0, 0.05) is 24.7 Å². The van der Waals surface area contributed by atoms with Crippen LogP contribution in [0.15, 0.2) is 35.3 Å². The molecule has 0 spiro atoms. The topological polar surface area (TPSA) is 68.9 Å². The summed E-state index contributed by atoms with van der Waals surface area (Å²) in [5.41, 5.74) is 6.79. The number of aliphatic imine (C=N–C) groups is 1. The van der Waals surface area contributed by atoms with Gasteiger partial charge in [-0.2, -0.15) is 0 Å². The maximum Gasteiger partial charge on any atom is 0.194 e. The van der Waals surface area contributed by atoms with Crippen molar-refractivity contribution in [1.29, 1.82) is 0 Å². The van der Waals surface area contributed by atoms with Gasteiger partial charge in [-0.3, -0.25) is 4.99 Å². The highest BCUT2D eigenvalue weighted by molar-refractivity contribution is 5.92. The van der Waals surface area contributed by atoms with E-state index in [4.69, 9.17) is 15.2 Å². The maximum absolute atomic E-state index is 13.2. The van der Waals surface area contributed by atoms with Crippen molar-refractivity contribution in [3.05, 3.63) is 53.3 Å². The number of ether oxygens (including phenoxy) is 2. The highest BCUT2D eigenvalue weighted by atomic mass is 19.2. The van der Waals surface area contributed by atoms with Gasteiger partial charge in [0.1, 0.15) is 0 Å². The molecule has 26 heavy (non-hydrogen) atoms. The van der Waals surface area contributed by atoms with Crippen LogP contribution in [0.5, 0.6) is 11.5 Å². The second-order valence-electron chi connectivity index (χ2n) is 5.73. The fourth-order valence-electron chi connectivity index (χ4n) is 2.49. The van der Waals surface area contributed by atoms with Gasteiger partial charge in [-0.25, -0.2) is 13.2 Å². The zero-order valence-corrected chi connectivity index (χ0v) is 13.9. The smallest absolute Gasteiger partial charge is 0.194 e. The molecule has 2 aromatic carbocycles. The molecule has 5 nitrogen and oxygen atoms in total. The SMILES string of the molecule is NC(=NCCc1cc(F)c(F)c(F)c1)Nc1ccc2c(c1)OCCCO2. The molecule has 1 heterocycles. The van der Waals surface area contributed by atoms with E-state index in [9.17, 15) is 13.2 Å². The van der Waals surface area contributed by atoms with Crippen molar-refractivity contribution in [1.82, 2.24) is 0 Å². The zero-order valence-electron chi connectivity index (χ0n) is 13.9. The summed E-state index contributed by atoms with van der Waals surface area (Å²) in [7, 11) is 0. The van der Waals surface area contributed by atoms with Crippen LogP contribution in [0, 0.1) is 17.5 Å². The van der Waals surface area contributed by atoms with Crippen LogP contribution in [-0.2, 0) is 6.42 Å². The largest absolute Gasteiger partial charge is 0.490 e. The van der Waals surface area contributed by atoms with Crippen LogP contribution in [-0.4, -0.2) is 25.7 Å². The summed E-state index contributed by atoms with van der Waals surface area (Å²) in [4.78, 5) is 4.10. The number of rotatable bonds is 4. The Hall–Kier alpha value is -2.90. The molecule has 1 aliphatic heterocycles. The molecule has 0 atom stereocenters. The van der Waals surface area contributed by atoms with Gasteiger partial charge in [0.25, 0.3) is 0 Å². The minimum atomic E-state index is -1.48. The molecule has 0 aromatic heterocycles. The van der Waals surface area contributed by atoms with Crippen molar-refractivity contribution in [2.45, 2.75) is 12.8 Å². The predicted octanol–water partition coefficient (Wildman–Crippen LogP) is 3.23. The molecule has 0 bridgehead atoms. The first-order valence-electron chi connectivity index (χ1n) is 8.13. The van der Waals surface area contributed by atoms with E-state index in [1.165, 1.54) is 0 Å². The first kappa shape index (κ1) is 17.9. The Bertz CT molecular complexity index is 804. The molecule has 0 radical (unpaired) electrons. The lowest BCUT2D eigenvalue weighted by atomic mass is 10.1. The average molecular weight is 365 g/mol. The summed E-state index contributed by atoms with van der Waals surface area (Å²) in [6.07, 6.45) is 1.03. The first-order chi connectivity index (χ1) is 12.5. The van der Waals surface area contributed by atoms with Gasteiger partial charge >= 0.3 is 0 Å². The van der Waals surface area contributed by atoms with E-state index in [-0.39, 0.29) is 18.9 Å². The summed E-state index contributed by atoms with van der Waals surface area (Å²) >= 11 is 0. The standard InChI is InChI=1S/C18H18F3N3O2/c19-13-8-11(9-14(20)17(13)21)4-5-23-18(22)24-12-2-3-15-16(10-12)26-7-1-6-25-15/h2-3,8-10H,1,4-7H2,(H3,22,23,24). The van der Waals surface area contributed by atoms with E-state index in [1.807, 2.05) is 0 Å². The lowest BCUT2D eigenvalue weighted by Crippen LogP contribution is -2.23. The third kappa shape index (κ3) is 4.38. The summed E-state index contributed by atoms with van der Waals surface area (Å²) in [6.45, 7) is 1.37. The Balaban J connectivity index is 1.59. The number of benzene rings is 2. The number of fused-ring (bicyclic) bond motifs is 1. The molecule has 0 unspecified atom stereocenters. The van der Waals surface area contributed by atoms with Gasteiger partial charge in [-0.15, -0.1) is 0 Å². The van der Waals surface area contributed by atoms with E-state index in [1.54, 1.807) is 18.2 Å². The van der Waals surface area contributed by atoms with Crippen molar-refractivity contribution in [2.75, 3.05) is 25.1 Å². The molecular formula is C18H18F3N3O2. The van der Waals surface area contributed by atoms with E-state index < -0.39 is 17.5 Å². The molecule has 1 aliphatic rings. The highest BCUT2D eigenvalue weighted by Gasteiger charge is 2.11. The lowest BCUT2D eigenvalue weighted by molar-refractivity contribution is 0.297. The molecule has 138 valence electrons. The number of hydrogen-bond donors (Lipinski definition) is 2. The van der Waals surface area contributed by atoms with Gasteiger partial charge in [0.2, 0.25) is 0 Å². The minimum Gasteiger partial charge on any atom is -0.490 e. The van der Waals surface area contributed by atoms with Crippen LogP contribution in [0.1, 0.15) is 12.0 Å². The number of nitrogens with zero attached hydrogens (tertiary/aromatic N) is 1. The van der Waals surface area contributed by atoms with Crippen molar-refractivity contribution in [3.8, 4) is 11.5 Å². The van der Waals surface area contributed by atoms with Crippen LogP contribution in [0.2, 0.25) is 0 Å². The number of guanidine groups is 1. The molecule has 0 aliphatic carbocycles. The van der Waals surface area contributed by atoms with Crippen molar-refractivity contribution < 1.29 is 22.6 Å². The van der Waals surface area contributed by atoms with Gasteiger partial charge in [-0.1, -0.05) is 0 Å². The molecule has 0 amide bonds. The Morgan fingerprint density at radius 3 is 2.46 bits per heavy atom. The van der Waals surface area contributed by atoms with Gasteiger partial charge in [-0.05, 0) is 36.2 Å². The Labute approximate surface area is 148 Å². The minimum absolute atomic E-state index is 0.141. The summed E-state index contributed by atoms with van der Waals surface area (Å²) in [6, 6.07) is 7.21. The second-order valence-corrected chi connectivity index (χ2v) is 5.73. The Kier molecular flexibility index (Phi) is 5.50. The summed E-state index contributed by atoms with van der Waals surface area (Å²) < 4.78 is 50.4.